The van der Waals surface area contributed by atoms with Gasteiger partial charge in [0.1, 0.15) is 0 Å². The van der Waals surface area contributed by atoms with E-state index in [1.807, 2.05) is 6.07 Å². The number of hydrogen-bond donors (Lipinski definition) is 0. The maximum atomic E-state index is 12.3. The van der Waals surface area contributed by atoms with Crippen molar-refractivity contribution in [3.8, 4) is 0 Å². The van der Waals surface area contributed by atoms with Crippen LogP contribution in [0.25, 0.3) is 0 Å². The standard InChI is InChI=1S/C12H15ClO2S/c13-11-8-4-5-9-12(11)16(14,15)10-6-2-1-3-7-10/h1-3,6-7,11-12H,4-5,8-9H2. The van der Waals surface area contributed by atoms with Gasteiger partial charge >= 0.3 is 0 Å². The number of hydrogen-bond acceptors (Lipinski definition) is 2. The summed E-state index contributed by atoms with van der Waals surface area (Å²) in [6.07, 6.45) is 3.48. The summed E-state index contributed by atoms with van der Waals surface area (Å²) in [6.45, 7) is 0. The van der Waals surface area contributed by atoms with E-state index in [0.29, 0.717) is 11.3 Å². The SMILES string of the molecule is O=S(=O)(c1ccccc1)C1CCCCC1Cl. The fourth-order valence-corrected chi connectivity index (χ4v) is 4.76. The molecule has 1 aliphatic carbocycles. The van der Waals surface area contributed by atoms with Gasteiger partial charge in [-0.05, 0) is 25.0 Å². The lowest BCUT2D eigenvalue weighted by Gasteiger charge is -2.26. The Labute approximate surface area is 102 Å². The molecule has 0 N–H and O–H groups in total. The van der Waals surface area contributed by atoms with Gasteiger partial charge in [-0.15, -0.1) is 11.6 Å². The van der Waals surface area contributed by atoms with Crippen LogP contribution in [0.2, 0.25) is 0 Å². The van der Waals surface area contributed by atoms with Gasteiger partial charge < -0.3 is 0 Å². The molecule has 88 valence electrons. The molecule has 0 amide bonds. The minimum absolute atomic E-state index is 0.237. The van der Waals surface area contributed by atoms with Gasteiger partial charge in [-0.2, -0.15) is 0 Å². The Balaban J connectivity index is 2.32. The van der Waals surface area contributed by atoms with Crippen LogP contribution >= 0.6 is 11.6 Å². The third-order valence-electron chi connectivity index (χ3n) is 3.09. The predicted octanol–water partition coefficient (Wildman–Crippen LogP) is 3.01. The second-order valence-electron chi connectivity index (χ2n) is 4.20. The fourth-order valence-electron chi connectivity index (χ4n) is 2.19. The van der Waals surface area contributed by atoms with Crippen molar-refractivity contribution in [1.82, 2.24) is 0 Å². The summed E-state index contributed by atoms with van der Waals surface area (Å²) >= 11 is 6.14. The Bertz CT molecular complexity index is 441. The van der Waals surface area contributed by atoms with Crippen molar-refractivity contribution in [3.05, 3.63) is 30.3 Å². The van der Waals surface area contributed by atoms with Crippen LogP contribution in [0, 0.1) is 0 Å². The van der Waals surface area contributed by atoms with Crippen LogP contribution in [0.3, 0.4) is 0 Å². The molecule has 1 fully saturated rings. The van der Waals surface area contributed by atoms with E-state index in [0.717, 1.165) is 19.3 Å². The van der Waals surface area contributed by atoms with Gasteiger partial charge in [0.15, 0.2) is 9.84 Å². The summed E-state index contributed by atoms with van der Waals surface area (Å²) in [5.74, 6) is 0. The van der Waals surface area contributed by atoms with Crippen molar-refractivity contribution < 1.29 is 8.42 Å². The van der Waals surface area contributed by atoms with E-state index in [-0.39, 0.29) is 5.38 Å². The van der Waals surface area contributed by atoms with E-state index < -0.39 is 15.1 Å². The first-order chi connectivity index (χ1) is 7.62. The van der Waals surface area contributed by atoms with E-state index in [9.17, 15) is 8.42 Å². The molecule has 16 heavy (non-hydrogen) atoms. The molecule has 1 aromatic carbocycles. The molecular weight excluding hydrogens is 244 g/mol. The lowest BCUT2D eigenvalue weighted by Crippen LogP contribution is -2.33. The van der Waals surface area contributed by atoms with Crippen LogP contribution in [0.15, 0.2) is 35.2 Å². The second kappa shape index (κ2) is 4.76. The van der Waals surface area contributed by atoms with Crippen LogP contribution in [0.1, 0.15) is 25.7 Å². The van der Waals surface area contributed by atoms with E-state index in [2.05, 4.69) is 0 Å². The number of sulfone groups is 1. The number of rotatable bonds is 2. The van der Waals surface area contributed by atoms with Gasteiger partial charge in [0.05, 0.1) is 15.5 Å². The Kier molecular flexibility index (Phi) is 3.55. The second-order valence-corrected chi connectivity index (χ2v) is 6.92. The molecule has 0 heterocycles. The molecule has 0 aromatic heterocycles. The minimum atomic E-state index is -3.24. The topological polar surface area (TPSA) is 34.1 Å². The molecule has 1 saturated carbocycles. The first-order valence-corrected chi connectivity index (χ1v) is 7.53. The number of halogens is 1. The van der Waals surface area contributed by atoms with Gasteiger partial charge in [0.2, 0.25) is 0 Å². The van der Waals surface area contributed by atoms with Gasteiger partial charge in [-0.25, -0.2) is 8.42 Å². The smallest absolute Gasteiger partial charge is 0.182 e. The molecule has 1 aliphatic rings. The zero-order chi connectivity index (χ0) is 11.6. The lowest BCUT2D eigenvalue weighted by atomic mass is 10.00. The Hall–Kier alpha value is -0.540. The molecule has 2 nitrogen and oxygen atoms in total. The molecule has 0 aliphatic heterocycles. The summed E-state index contributed by atoms with van der Waals surface area (Å²) in [4.78, 5) is 0.396. The molecule has 0 radical (unpaired) electrons. The first kappa shape index (κ1) is 11.9. The molecule has 0 saturated heterocycles. The third kappa shape index (κ3) is 2.25. The van der Waals surface area contributed by atoms with E-state index in [1.165, 1.54) is 0 Å². The Morgan fingerprint density at radius 1 is 1.06 bits per heavy atom. The molecule has 2 atom stereocenters. The van der Waals surface area contributed by atoms with E-state index in [4.69, 9.17) is 11.6 Å². The number of benzene rings is 1. The van der Waals surface area contributed by atoms with Crippen molar-refractivity contribution in [2.24, 2.45) is 0 Å². The van der Waals surface area contributed by atoms with Crippen LogP contribution in [0.4, 0.5) is 0 Å². The summed E-state index contributed by atoms with van der Waals surface area (Å²) in [6, 6.07) is 8.61. The highest BCUT2D eigenvalue weighted by Gasteiger charge is 2.35. The average molecular weight is 259 g/mol. The summed E-state index contributed by atoms with van der Waals surface area (Å²) < 4.78 is 24.6. The average Bonchev–Trinajstić information content (AvgIpc) is 2.30. The molecule has 2 rings (SSSR count). The van der Waals surface area contributed by atoms with Crippen LogP contribution in [-0.2, 0) is 9.84 Å². The third-order valence-corrected chi connectivity index (χ3v) is 6.05. The van der Waals surface area contributed by atoms with Gasteiger partial charge in [-0.3, -0.25) is 0 Å². The van der Waals surface area contributed by atoms with Crippen LogP contribution < -0.4 is 0 Å². The molecular formula is C12H15ClO2S. The molecule has 0 bridgehead atoms. The lowest BCUT2D eigenvalue weighted by molar-refractivity contribution is 0.489. The minimum Gasteiger partial charge on any atom is -0.223 e. The van der Waals surface area contributed by atoms with Crippen molar-refractivity contribution >= 4 is 21.4 Å². The molecule has 0 spiro atoms. The largest absolute Gasteiger partial charge is 0.223 e. The maximum Gasteiger partial charge on any atom is 0.182 e. The normalized spacial score (nSPS) is 26.6. The van der Waals surface area contributed by atoms with Gasteiger partial charge in [0.25, 0.3) is 0 Å². The number of alkyl halides is 1. The van der Waals surface area contributed by atoms with Crippen LogP contribution in [0.5, 0.6) is 0 Å². The summed E-state index contributed by atoms with van der Waals surface area (Å²) in [7, 11) is -3.24. The van der Waals surface area contributed by atoms with Gasteiger partial charge in [-0.1, -0.05) is 31.0 Å². The van der Waals surface area contributed by atoms with Crippen LogP contribution in [-0.4, -0.2) is 19.0 Å². The zero-order valence-corrected chi connectivity index (χ0v) is 10.5. The van der Waals surface area contributed by atoms with Crippen molar-refractivity contribution in [2.75, 3.05) is 0 Å². The maximum absolute atomic E-state index is 12.3. The van der Waals surface area contributed by atoms with E-state index >= 15 is 0 Å². The Morgan fingerprint density at radius 3 is 2.31 bits per heavy atom. The predicted molar refractivity (Wildman–Crippen MR) is 65.5 cm³/mol. The molecule has 1 aromatic rings. The first-order valence-electron chi connectivity index (χ1n) is 5.55. The fraction of sp³-hybridized carbons (Fsp3) is 0.500. The highest BCUT2D eigenvalue weighted by atomic mass is 35.5. The van der Waals surface area contributed by atoms with Crippen molar-refractivity contribution in [3.63, 3.8) is 0 Å². The quantitative estimate of drug-likeness (QED) is 0.765. The summed E-state index contributed by atoms with van der Waals surface area (Å²) in [5, 5.41) is -0.649. The molecule has 2 unspecified atom stereocenters. The zero-order valence-electron chi connectivity index (χ0n) is 8.97. The highest BCUT2D eigenvalue weighted by Crippen LogP contribution is 2.31. The van der Waals surface area contributed by atoms with Crippen molar-refractivity contribution in [1.29, 1.82) is 0 Å². The highest BCUT2D eigenvalue weighted by molar-refractivity contribution is 7.92. The van der Waals surface area contributed by atoms with E-state index in [1.54, 1.807) is 24.3 Å². The Morgan fingerprint density at radius 2 is 1.69 bits per heavy atom. The summed E-state index contributed by atoms with van der Waals surface area (Å²) in [5.41, 5.74) is 0. The molecule has 4 heteroatoms. The van der Waals surface area contributed by atoms with Gasteiger partial charge in [0, 0.05) is 0 Å². The van der Waals surface area contributed by atoms with Crippen molar-refractivity contribution in [2.45, 2.75) is 41.2 Å². The monoisotopic (exact) mass is 258 g/mol.